The first kappa shape index (κ1) is 14.1. The number of carbonyl (C=O) groups excluding carboxylic acids is 1. The number of amides is 1. The minimum Gasteiger partial charge on any atom is -0.395 e. The summed E-state index contributed by atoms with van der Waals surface area (Å²) in [6, 6.07) is 7.78. The predicted molar refractivity (Wildman–Crippen MR) is 82.3 cm³/mol. The van der Waals surface area contributed by atoms with E-state index < -0.39 is 0 Å². The van der Waals surface area contributed by atoms with Crippen LogP contribution in [0.1, 0.15) is 16.8 Å². The van der Waals surface area contributed by atoms with Crippen molar-refractivity contribution in [3.05, 3.63) is 36.0 Å². The molecule has 1 saturated heterocycles. The highest BCUT2D eigenvalue weighted by atomic mass is 16.3. The summed E-state index contributed by atoms with van der Waals surface area (Å²) in [6.45, 7) is 4.16. The van der Waals surface area contributed by atoms with Crippen LogP contribution >= 0.6 is 0 Å². The molecule has 0 radical (unpaired) electrons. The van der Waals surface area contributed by atoms with E-state index in [2.05, 4.69) is 9.88 Å². The van der Waals surface area contributed by atoms with Crippen LogP contribution < -0.4 is 0 Å². The number of H-pyrrole nitrogens is 1. The van der Waals surface area contributed by atoms with Crippen LogP contribution in [-0.4, -0.2) is 65.1 Å². The molecule has 1 aromatic heterocycles. The fourth-order valence-corrected chi connectivity index (χ4v) is 2.91. The van der Waals surface area contributed by atoms with Crippen LogP contribution in [0.25, 0.3) is 10.9 Å². The molecular formula is C16H21N3O2. The number of aromatic nitrogens is 1. The molecule has 1 fully saturated rings. The molecular weight excluding hydrogens is 266 g/mol. The summed E-state index contributed by atoms with van der Waals surface area (Å²) in [6.07, 6.45) is 2.84. The molecule has 3 rings (SSSR count). The summed E-state index contributed by atoms with van der Waals surface area (Å²) in [5, 5.41) is 10.1. The number of aliphatic hydroxyl groups is 1. The summed E-state index contributed by atoms with van der Waals surface area (Å²) in [5.41, 5.74) is 1.80. The Morgan fingerprint density at radius 1 is 1.19 bits per heavy atom. The lowest BCUT2D eigenvalue weighted by atomic mass is 10.1. The van der Waals surface area contributed by atoms with Crippen molar-refractivity contribution in [2.75, 3.05) is 39.3 Å². The van der Waals surface area contributed by atoms with E-state index in [9.17, 15) is 4.79 Å². The van der Waals surface area contributed by atoms with E-state index in [1.807, 2.05) is 35.4 Å². The number of fused-ring (bicyclic) bond motifs is 1. The van der Waals surface area contributed by atoms with E-state index in [0.717, 1.165) is 49.1 Å². The molecule has 0 saturated carbocycles. The zero-order valence-corrected chi connectivity index (χ0v) is 12.1. The van der Waals surface area contributed by atoms with Gasteiger partial charge in [0.1, 0.15) is 0 Å². The topological polar surface area (TPSA) is 59.6 Å². The number of nitrogens with one attached hydrogen (secondary N) is 1. The van der Waals surface area contributed by atoms with Gasteiger partial charge in [0.05, 0.1) is 6.61 Å². The quantitative estimate of drug-likeness (QED) is 0.895. The second kappa shape index (κ2) is 6.28. The Balaban J connectivity index is 1.72. The van der Waals surface area contributed by atoms with Gasteiger partial charge in [-0.2, -0.15) is 0 Å². The molecule has 112 valence electrons. The molecule has 1 aliphatic rings. The lowest BCUT2D eigenvalue weighted by Crippen LogP contribution is -2.35. The van der Waals surface area contributed by atoms with Crippen LogP contribution in [0.2, 0.25) is 0 Å². The summed E-state index contributed by atoms with van der Waals surface area (Å²) >= 11 is 0. The van der Waals surface area contributed by atoms with Crippen molar-refractivity contribution >= 4 is 16.8 Å². The minimum absolute atomic E-state index is 0.101. The van der Waals surface area contributed by atoms with Crippen LogP contribution in [-0.2, 0) is 0 Å². The van der Waals surface area contributed by atoms with Crippen molar-refractivity contribution in [3.8, 4) is 0 Å². The molecule has 5 nitrogen and oxygen atoms in total. The van der Waals surface area contributed by atoms with Gasteiger partial charge in [-0.1, -0.05) is 0 Å². The van der Waals surface area contributed by atoms with Crippen LogP contribution in [0.4, 0.5) is 0 Å². The SMILES string of the molecule is O=C(c1ccc2[nH]ccc2c1)N1CCCN(CCO)CC1. The van der Waals surface area contributed by atoms with Crippen molar-refractivity contribution in [1.82, 2.24) is 14.8 Å². The van der Waals surface area contributed by atoms with Gasteiger partial charge < -0.3 is 15.0 Å². The molecule has 0 bridgehead atoms. The zero-order chi connectivity index (χ0) is 14.7. The summed E-state index contributed by atoms with van der Waals surface area (Å²) < 4.78 is 0. The first-order valence-corrected chi connectivity index (χ1v) is 7.47. The number of nitrogens with zero attached hydrogens (tertiary/aromatic N) is 2. The maximum Gasteiger partial charge on any atom is 0.253 e. The summed E-state index contributed by atoms with van der Waals surface area (Å²) in [4.78, 5) is 19.9. The smallest absolute Gasteiger partial charge is 0.253 e. The van der Waals surface area contributed by atoms with Crippen LogP contribution in [0.5, 0.6) is 0 Å². The highest BCUT2D eigenvalue weighted by molar-refractivity contribution is 5.98. The first-order chi connectivity index (χ1) is 10.3. The van der Waals surface area contributed by atoms with Crippen LogP contribution in [0.15, 0.2) is 30.5 Å². The summed E-state index contributed by atoms with van der Waals surface area (Å²) in [7, 11) is 0. The van der Waals surface area contributed by atoms with Crippen molar-refractivity contribution in [2.24, 2.45) is 0 Å². The van der Waals surface area contributed by atoms with Gasteiger partial charge in [-0.15, -0.1) is 0 Å². The molecule has 1 amide bonds. The Labute approximate surface area is 124 Å². The molecule has 2 heterocycles. The van der Waals surface area contributed by atoms with Gasteiger partial charge in [0.25, 0.3) is 5.91 Å². The first-order valence-electron chi connectivity index (χ1n) is 7.47. The lowest BCUT2D eigenvalue weighted by molar-refractivity contribution is 0.0760. The monoisotopic (exact) mass is 287 g/mol. The number of aliphatic hydroxyl groups excluding tert-OH is 1. The molecule has 2 aromatic rings. The largest absolute Gasteiger partial charge is 0.395 e. The second-order valence-electron chi connectivity index (χ2n) is 5.49. The van der Waals surface area contributed by atoms with Gasteiger partial charge >= 0.3 is 0 Å². The molecule has 1 aromatic carbocycles. The average Bonchev–Trinajstić information content (AvgIpc) is 2.85. The molecule has 0 aliphatic carbocycles. The fourth-order valence-electron chi connectivity index (χ4n) is 2.91. The maximum atomic E-state index is 12.6. The van der Waals surface area contributed by atoms with Gasteiger partial charge in [0, 0.05) is 48.8 Å². The number of aromatic amines is 1. The second-order valence-corrected chi connectivity index (χ2v) is 5.49. The Bertz CT molecular complexity index is 623. The van der Waals surface area contributed by atoms with Gasteiger partial charge in [0.2, 0.25) is 0 Å². The van der Waals surface area contributed by atoms with E-state index in [-0.39, 0.29) is 12.5 Å². The molecule has 0 atom stereocenters. The summed E-state index contributed by atoms with van der Waals surface area (Å²) in [5.74, 6) is 0.101. The van der Waals surface area contributed by atoms with Crippen molar-refractivity contribution < 1.29 is 9.90 Å². The van der Waals surface area contributed by atoms with E-state index in [4.69, 9.17) is 5.11 Å². The number of β-amino-alcohol motifs (C(OH)–C–C–N with tert-alkyl or cyclic N) is 1. The van der Waals surface area contributed by atoms with Crippen molar-refractivity contribution in [1.29, 1.82) is 0 Å². The molecule has 2 N–H and O–H groups in total. The number of hydrogen-bond acceptors (Lipinski definition) is 3. The van der Waals surface area contributed by atoms with E-state index in [1.54, 1.807) is 0 Å². The Hall–Kier alpha value is -1.85. The third-order valence-corrected chi connectivity index (χ3v) is 4.09. The van der Waals surface area contributed by atoms with Crippen molar-refractivity contribution in [2.45, 2.75) is 6.42 Å². The third kappa shape index (κ3) is 3.09. The average molecular weight is 287 g/mol. The predicted octanol–water partition coefficient (Wildman–Crippen LogP) is 1.31. The van der Waals surface area contributed by atoms with E-state index in [1.165, 1.54) is 0 Å². The minimum atomic E-state index is 0.101. The van der Waals surface area contributed by atoms with Crippen LogP contribution in [0.3, 0.4) is 0 Å². The molecule has 5 heteroatoms. The number of benzene rings is 1. The standard InChI is InChI=1S/C16H21N3O2/c20-11-10-18-6-1-7-19(9-8-18)16(21)14-2-3-15-13(12-14)4-5-17-15/h2-5,12,17,20H,1,6-11H2. The van der Waals surface area contributed by atoms with Gasteiger partial charge in [-0.3, -0.25) is 9.69 Å². The Morgan fingerprint density at radius 2 is 2.10 bits per heavy atom. The van der Waals surface area contributed by atoms with Gasteiger partial charge in [-0.05, 0) is 37.2 Å². The molecule has 0 spiro atoms. The Kier molecular flexibility index (Phi) is 4.22. The number of rotatable bonds is 3. The highest BCUT2D eigenvalue weighted by Crippen LogP contribution is 2.16. The Morgan fingerprint density at radius 3 is 2.95 bits per heavy atom. The molecule has 21 heavy (non-hydrogen) atoms. The van der Waals surface area contributed by atoms with E-state index >= 15 is 0 Å². The maximum absolute atomic E-state index is 12.6. The van der Waals surface area contributed by atoms with E-state index in [0.29, 0.717) is 6.54 Å². The van der Waals surface area contributed by atoms with Crippen molar-refractivity contribution in [3.63, 3.8) is 0 Å². The molecule has 0 unspecified atom stereocenters. The number of carbonyl (C=O) groups is 1. The lowest BCUT2D eigenvalue weighted by Gasteiger charge is -2.21. The zero-order valence-electron chi connectivity index (χ0n) is 12.1. The number of hydrogen-bond donors (Lipinski definition) is 2. The van der Waals surface area contributed by atoms with Crippen LogP contribution in [0, 0.1) is 0 Å². The van der Waals surface area contributed by atoms with Gasteiger partial charge in [0.15, 0.2) is 0 Å². The molecule has 1 aliphatic heterocycles. The highest BCUT2D eigenvalue weighted by Gasteiger charge is 2.20. The third-order valence-electron chi connectivity index (χ3n) is 4.09. The fraction of sp³-hybridized carbons (Fsp3) is 0.438. The van der Waals surface area contributed by atoms with Gasteiger partial charge in [-0.25, -0.2) is 0 Å². The normalized spacial score (nSPS) is 17.1.